The molecule has 0 N–H and O–H groups in total. The molecule has 0 fully saturated rings. The lowest BCUT2D eigenvalue weighted by Gasteiger charge is -2.11. The highest BCUT2D eigenvalue weighted by Gasteiger charge is 2.39. The Labute approximate surface area is 102 Å². The first-order valence-electron chi connectivity index (χ1n) is 3.32. The molecule has 0 unspecified atom stereocenters. The maximum absolute atomic E-state index is 11.5. The number of hydrogen-bond acceptors (Lipinski definition) is 2. The van der Waals surface area contributed by atoms with Gasteiger partial charge in [0.05, 0.1) is 4.90 Å². The van der Waals surface area contributed by atoms with Gasteiger partial charge in [0, 0.05) is 5.02 Å². The average molecular weight is 294 g/mol. The monoisotopic (exact) mass is 292 g/mol. The van der Waals surface area contributed by atoms with Gasteiger partial charge in [-0.3, -0.25) is 0 Å². The van der Waals surface area contributed by atoms with Gasteiger partial charge in [-0.1, -0.05) is 46.4 Å². The molecular formula is C7H4Cl4O2S. The summed E-state index contributed by atoms with van der Waals surface area (Å²) >= 11 is 21.5. The van der Waals surface area contributed by atoms with Crippen LogP contribution < -0.4 is 0 Å². The molecule has 0 saturated carbocycles. The number of alkyl halides is 3. The van der Waals surface area contributed by atoms with Crippen LogP contribution in [-0.4, -0.2) is 11.5 Å². The van der Waals surface area contributed by atoms with Crippen molar-refractivity contribution in [3.63, 3.8) is 0 Å². The first kappa shape index (κ1) is 12.4. The molecular weight excluding hydrogens is 290 g/mol. The van der Waals surface area contributed by atoms with Crippen LogP contribution >= 0.6 is 46.4 Å². The van der Waals surface area contributed by atoms with E-state index in [1.54, 1.807) is 0 Å². The molecule has 0 aliphatic rings. The smallest absolute Gasteiger partial charge is 0.219 e. The Bertz CT molecular complexity index is 418. The second-order valence-corrected chi connectivity index (χ2v) is 7.88. The number of halogens is 4. The van der Waals surface area contributed by atoms with Crippen LogP contribution in [0.1, 0.15) is 0 Å². The van der Waals surface area contributed by atoms with E-state index >= 15 is 0 Å². The van der Waals surface area contributed by atoms with E-state index in [9.17, 15) is 8.42 Å². The maximum atomic E-state index is 11.5. The first-order valence-corrected chi connectivity index (χ1v) is 6.31. The Morgan fingerprint density at radius 2 is 1.43 bits per heavy atom. The number of benzene rings is 1. The fraction of sp³-hybridized carbons (Fsp3) is 0.143. The molecule has 0 spiro atoms. The van der Waals surface area contributed by atoms with Gasteiger partial charge in [-0.25, -0.2) is 8.42 Å². The third-order valence-corrected chi connectivity index (χ3v) is 5.01. The van der Waals surface area contributed by atoms with E-state index < -0.39 is 13.0 Å². The molecule has 2 nitrogen and oxygen atoms in total. The number of rotatable bonds is 1. The highest BCUT2D eigenvalue weighted by atomic mass is 35.6. The summed E-state index contributed by atoms with van der Waals surface area (Å²) < 4.78 is 20.7. The van der Waals surface area contributed by atoms with Crippen molar-refractivity contribution in [1.29, 1.82) is 0 Å². The summed E-state index contributed by atoms with van der Waals surface area (Å²) in [7, 11) is -3.96. The minimum atomic E-state index is -3.96. The molecule has 0 aliphatic heterocycles. The van der Waals surface area contributed by atoms with Gasteiger partial charge in [0.15, 0.2) is 0 Å². The van der Waals surface area contributed by atoms with Crippen LogP contribution in [-0.2, 0) is 9.84 Å². The van der Waals surface area contributed by atoms with Crippen LogP contribution in [0.5, 0.6) is 0 Å². The molecule has 0 atom stereocenters. The first-order chi connectivity index (χ1) is 6.25. The van der Waals surface area contributed by atoms with Crippen molar-refractivity contribution in [3.8, 4) is 0 Å². The highest BCUT2D eigenvalue weighted by molar-refractivity contribution is 7.97. The van der Waals surface area contributed by atoms with Gasteiger partial charge < -0.3 is 0 Å². The molecule has 1 aromatic rings. The molecule has 0 radical (unpaired) electrons. The Balaban J connectivity index is 3.25. The predicted octanol–water partition coefficient (Wildman–Crippen LogP) is 3.44. The lowest BCUT2D eigenvalue weighted by Crippen LogP contribution is -2.19. The zero-order chi connectivity index (χ0) is 11.0. The van der Waals surface area contributed by atoms with Crippen molar-refractivity contribution in [3.05, 3.63) is 29.3 Å². The van der Waals surface area contributed by atoms with Crippen LogP contribution in [0, 0.1) is 0 Å². The van der Waals surface area contributed by atoms with Crippen LogP contribution in [0.3, 0.4) is 0 Å². The van der Waals surface area contributed by atoms with E-state index in [0.717, 1.165) is 0 Å². The Kier molecular flexibility index (Phi) is 3.60. The predicted molar refractivity (Wildman–Crippen MR) is 58.9 cm³/mol. The third kappa shape index (κ3) is 2.47. The van der Waals surface area contributed by atoms with Crippen LogP contribution in [0.4, 0.5) is 0 Å². The van der Waals surface area contributed by atoms with Gasteiger partial charge >= 0.3 is 0 Å². The Morgan fingerprint density at radius 1 is 1.00 bits per heavy atom. The van der Waals surface area contributed by atoms with Crippen LogP contribution in [0.2, 0.25) is 5.02 Å². The summed E-state index contributed by atoms with van der Waals surface area (Å²) in [5.41, 5.74) is 0. The van der Waals surface area contributed by atoms with Crippen molar-refractivity contribution in [2.75, 3.05) is 0 Å². The van der Waals surface area contributed by atoms with Crippen molar-refractivity contribution in [2.45, 2.75) is 8.02 Å². The third-order valence-electron chi connectivity index (χ3n) is 1.43. The zero-order valence-electron chi connectivity index (χ0n) is 6.55. The van der Waals surface area contributed by atoms with Gasteiger partial charge in [0.2, 0.25) is 9.84 Å². The van der Waals surface area contributed by atoms with Gasteiger partial charge in [-0.05, 0) is 24.3 Å². The minimum Gasteiger partial charge on any atom is -0.219 e. The Morgan fingerprint density at radius 3 is 1.79 bits per heavy atom. The highest BCUT2D eigenvalue weighted by Crippen LogP contribution is 2.37. The van der Waals surface area contributed by atoms with Crippen molar-refractivity contribution in [1.82, 2.24) is 0 Å². The van der Waals surface area contributed by atoms with E-state index in [1.807, 2.05) is 0 Å². The van der Waals surface area contributed by atoms with Crippen molar-refractivity contribution < 1.29 is 8.42 Å². The van der Waals surface area contributed by atoms with Gasteiger partial charge in [0.25, 0.3) is 3.12 Å². The molecule has 0 bridgehead atoms. The topological polar surface area (TPSA) is 34.1 Å². The normalized spacial score (nSPS) is 12.9. The summed E-state index contributed by atoms with van der Waals surface area (Å²) in [5, 5.41) is 0.410. The van der Waals surface area contributed by atoms with E-state index in [4.69, 9.17) is 46.4 Å². The van der Waals surface area contributed by atoms with Gasteiger partial charge in [0.1, 0.15) is 0 Å². The summed E-state index contributed by atoms with van der Waals surface area (Å²) in [6.07, 6.45) is 0. The molecule has 1 aromatic carbocycles. The second-order valence-electron chi connectivity index (χ2n) is 2.40. The molecule has 0 heterocycles. The average Bonchev–Trinajstić information content (AvgIpc) is 2.03. The quantitative estimate of drug-likeness (QED) is 0.743. The molecule has 7 heteroatoms. The largest absolute Gasteiger partial charge is 0.296 e. The lowest BCUT2D eigenvalue weighted by molar-refractivity contribution is 0.596. The molecule has 0 aromatic heterocycles. The summed E-state index contributed by atoms with van der Waals surface area (Å²) in [4.78, 5) is -0.0816. The lowest BCUT2D eigenvalue weighted by atomic mass is 10.4. The molecule has 1 rings (SSSR count). The van der Waals surface area contributed by atoms with E-state index in [0.29, 0.717) is 5.02 Å². The maximum Gasteiger partial charge on any atom is 0.296 e. The fourth-order valence-corrected chi connectivity index (χ4v) is 2.44. The van der Waals surface area contributed by atoms with Gasteiger partial charge in [-0.2, -0.15) is 0 Å². The molecule has 0 amide bonds. The number of hydrogen-bond donors (Lipinski definition) is 0. The SMILES string of the molecule is O=S(=O)(c1ccc(Cl)cc1)C(Cl)(Cl)Cl. The summed E-state index contributed by atoms with van der Waals surface area (Å²) in [6, 6.07) is 5.37. The standard InChI is InChI=1S/C7H4Cl4O2S/c8-5-1-3-6(4-2-5)14(12,13)7(9,10)11/h1-4H. The van der Waals surface area contributed by atoms with Crippen LogP contribution in [0.15, 0.2) is 29.2 Å². The van der Waals surface area contributed by atoms with Crippen molar-refractivity contribution in [2.24, 2.45) is 0 Å². The molecule has 78 valence electrons. The van der Waals surface area contributed by atoms with E-state index in [-0.39, 0.29) is 4.90 Å². The molecule has 0 saturated heterocycles. The summed E-state index contributed by atoms with van der Waals surface area (Å²) in [6.45, 7) is 0. The Hall–Kier alpha value is 0.330. The van der Waals surface area contributed by atoms with E-state index in [2.05, 4.69) is 0 Å². The van der Waals surface area contributed by atoms with Crippen LogP contribution in [0.25, 0.3) is 0 Å². The number of sulfone groups is 1. The molecule has 14 heavy (non-hydrogen) atoms. The van der Waals surface area contributed by atoms with Gasteiger partial charge in [-0.15, -0.1) is 0 Å². The minimum absolute atomic E-state index is 0.0816. The second kappa shape index (κ2) is 4.06. The van der Waals surface area contributed by atoms with E-state index in [1.165, 1.54) is 24.3 Å². The fourth-order valence-electron chi connectivity index (χ4n) is 0.747. The molecule has 0 aliphatic carbocycles. The van der Waals surface area contributed by atoms with Crippen molar-refractivity contribution >= 4 is 56.2 Å². The zero-order valence-corrected chi connectivity index (χ0v) is 10.4. The summed E-state index contributed by atoms with van der Waals surface area (Å²) in [5.74, 6) is 0.